The lowest BCUT2D eigenvalue weighted by atomic mass is 10.0. The number of nitrogens with two attached hydrogens (primary N) is 1. The van der Waals surface area contributed by atoms with Gasteiger partial charge in [0.1, 0.15) is 5.82 Å². The number of rotatable bonds is 2. The monoisotopic (exact) mass is 197 g/mol. The summed E-state index contributed by atoms with van der Waals surface area (Å²) in [6, 6.07) is 2.54. The summed E-state index contributed by atoms with van der Waals surface area (Å²) in [5, 5.41) is 0. The van der Waals surface area contributed by atoms with Crippen LogP contribution in [-0.2, 0) is 16.0 Å². The molecule has 0 atom stereocenters. The quantitative estimate of drug-likeness (QED) is 0.576. The molecule has 0 bridgehead atoms. The van der Waals surface area contributed by atoms with Crippen LogP contribution in [0.25, 0.3) is 0 Å². The first-order valence-corrected chi connectivity index (χ1v) is 4.16. The zero-order valence-corrected chi connectivity index (χ0v) is 8.13. The summed E-state index contributed by atoms with van der Waals surface area (Å²) in [5.74, 6) is -0.778. The van der Waals surface area contributed by atoms with E-state index in [1.54, 1.807) is 6.92 Å². The van der Waals surface area contributed by atoms with E-state index in [1.807, 2.05) is 0 Å². The Morgan fingerprint density at radius 2 is 2.21 bits per heavy atom. The number of carbonyl (C=O) groups is 1. The summed E-state index contributed by atoms with van der Waals surface area (Å²) in [4.78, 5) is 11.0. The third-order valence-corrected chi connectivity index (χ3v) is 2.02. The molecule has 1 rings (SSSR count). The predicted octanol–water partition coefficient (Wildman–Crippen LogP) is 1.43. The van der Waals surface area contributed by atoms with Crippen molar-refractivity contribution in [2.45, 2.75) is 13.3 Å². The van der Waals surface area contributed by atoms with E-state index in [2.05, 4.69) is 4.74 Å². The molecule has 0 aromatic heterocycles. The van der Waals surface area contributed by atoms with E-state index in [0.717, 1.165) is 0 Å². The van der Waals surface area contributed by atoms with E-state index >= 15 is 0 Å². The fourth-order valence-corrected chi connectivity index (χ4v) is 1.26. The van der Waals surface area contributed by atoms with Crippen LogP contribution in [0.2, 0.25) is 0 Å². The average molecular weight is 197 g/mol. The lowest BCUT2D eigenvalue weighted by molar-refractivity contribution is -0.139. The average Bonchev–Trinajstić information content (AvgIpc) is 2.10. The smallest absolute Gasteiger partial charge is 0.310 e. The molecule has 3 nitrogen and oxygen atoms in total. The molecule has 0 saturated heterocycles. The molecule has 1 aromatic carbocycles. The van der Waals surface area contributed by atoms with Crippen molar-refractivity contribution in [1.29, 1.82) is 0 Å². The van der Waals surface area contributed by atoms with Crippen molar-refractivity contribution < 1.29 is 13.9 Å². The molecule has 1 aromatic rings. The van der Waals surface area contributed by atoms with Gasteiger partial charge < -0.3 is 10.5 Å². The van der Waals surface area contributed by atoms with Crippen LogP contribution in [0, 0.1) is 12.7 Å². The number of hydrogen-bond acceptors (Lipinski definition) is 3. The van der Waals surface area contributed by atoms with Gasteiger partial charge in [0, 0.05) is 5.69 Å². The Labute approximate surface area is 81.7 Å². The fourth-order valence-electron chi connectivity index (χ4n) is 1.26. The van der Waals surface area contributed by atoms with Crippen molar-refractivity contribution in [2.75, 3.05) is 12.8 Å². The van der Waals surface area contributed by atoms with Gasteiger partial charge in [0.2, 0.25) is 0 Å². The van der Waals surface area contributed by atoms with Gasteiger partial charge in [0.25, 0.3) is 0 Å². The molecule has 0 aliphatic carbocycles. The van der Waals surface area contributed by atoms with E-state index in [-0.39, 0.29) is 18.1 Å². The third-order valence-electron chi connectivity index (χ3n) is 2.02. The van der Waals surface area contributed by atoms with Crippen LogP contribution < -0.4 is 5.73 Å². The molecule has 2 N–H and O–H groups in total. The normalized spacial score (nSPS) is 9.93. The minimum Gasteiger partial charge on any atom is -0.469 e. The summed E-state index contributed by atoms with van der Waals surface area (Å²) >= 11 is 0. The van der Waals surface area contributed by atoms with Crippen molar-refractivity contribution in [3.63, 3.8) is 0 Å². The largest absolute Gasteiger partial charge is 0.469 e. The number of anilines is 1. The second kappa shape index (κ2) is 4.09. The first-order chi connectivity index (χ1) is 6.54. The second-order valence-electron chi connectivity index (χ2n) is 3.04. The number of nitrogen functional groups attached to an aromatic ring is 1. The van der Waals surface area contributed by atoms with E-state index in [9.17, 15) is 9.18 Å². The highest BCUT2D eigenvalue weighted by Gasteiger charge is 2.10. The van der Waals surface area contributed by atoms with Gasteiger partial charge in [-0.2, -0.15) is 0 Å². The Morgan fingerprint density at radius 1 is 1.57 bits per heavy atom. The maximum atomic E-state index is 12.8. The zero-order chi connectivity index (χ0) is 10.7. The first-order valence-electron chi connectivity index (χ1n) is 4.16. The van der Waals surface area contributed by atoms with E-state index in [1.165, 1.54) is 19.2 Å². The SMILES string of the molecule is COC(=O)Cc1c(C)cc(F)cc1N. The number of methoxy groups -OCH3 is 1. The second-order valence-corrected chi connectivity index (χ2v) is 3.04. The summed E-state index contributed by atoms with van der Waals surface area (Å²) < 4.78 is 17.3. The van der Waals surface area contributed by atoms with E-state index in [0.29, 0.717) is 11.1 Å². The molecule has 76 valence electrons. The summed E-state index contributed by atoms with van der Waals surface area (Å²) in [6.45, 7) is 1.71. The number of aryl methyl sites for hydroxylation is 1. The van der Waals surface area contributed by atoms with E-state index in [4.69, 9.17) is 5.73 Å². The highest BCUT2D eigenvalue weighted by molar-refractivity contribution is 5.75. The molecule has 0 aliphatic rings. The van der Waals surface area contributed by atoms with Crippen LogP contribution in [0.15, 0.2) is 12.1 Å². The van der Waals surface area contributed by atoms with Crippen LogP contribution in [0.5, 0.6) is 0 Å². The lowest BCUT2D eigenvalue weighted by Gasteiger charge is -2.08. The first kappa shape index (κ1) is 10.5. The Kier molecular flexibility index (Phi) is 3.06. The topological polar surface area (TPSA) is 52.3 Å². The number of halogens is 1. The third kappa shape index (κ3) is 2.22. The molecule has 4 heteroatoms. The van der Waals surface area contributed by atoms with Gasteiger partial charge in [-0.15, -0.1) is 0 Å². The predicted molar refractivity (Wildman–Crippen MR) is 51.3 cm³/mol. The highest BCUT2D eigenvalue weighted by Crippen LogP contribution is 2.19. The maximum Gasteiger partial charge on any atom is 0.310 e. The number of carbonyl (C=O) groups excluding carboxylic acids is 1. The molecule has 0 aliphatic heterocycles. The van der Waals surface area contributed by atoms with Gasteiger partial charge in [0.05, 0.1) is 13.5 Å². The van der Waals surface area contributed by atoms with Crippen molar-refractivity contribution in [1.82, 2.24) is 0 Å². The van der Waals surface area contributed by atoms with Crippen LogP contribution in [0.4, 0.5) is 10.1 Å². The Bertz CT molecular complexity index is 340. The van der Waals surface area contributed by atoms with Crippen LogP contribution in [0.3, 0.4) is 0 Å². The Balaban J connectivity index is 3.02. The Hall–Kier alpha value is -1.58. The molecular formula is C10H12FNO2. The molecule has 0 fully saturated rings. The molecule has 0 unspecified atom stereocenters. The molecule has 0 heterocycles. The maximum absolute atomic E-state index is 12.8. The standard InChI is InChI=1S/C10H12FNO2/c1-6-3-7(11)4-9(12)8(6)5-10(13)14-2/h3-4H,5,12H2,1-2H3. The fraction of sp³-hybridized carbons (Fsp3) is 0.300. The molecule has 14 heavy (non-hydrogen) atoms. The molecule has 0 spiro atoms. The van der Waals surface area contributed by atoms with Gasteiger partial charge >= 0.3 is 5.97 Å². The van der Waals surface area contributed by atoms with Crippen LogP contribution in [0.1, 0.15) is 11.1 Å². The molecular weight excluding hydrogens is 185 g/mol. The molecule has 0 saturated carbocycles. The number of benzene rings is 1. The molecule has 0 radical (unpaired) electrons. The Morgan fingerprint density at radius 3 is 2.71 bits per heavy atom. The summed E-state index contributed by atoms with van der Waals surface area (Å²) in [6.07, 6.45) is 0.0778. The lowest BCUT2D eigenvalue weighted by Crippen LogP contribution is -2.08. The summed E-state index contributed by atoms with van der Waals surface area (Å²) in [7, 11) is 1.30. The minimum atomic E-state index is -0.395. The van der Waals surface area contributed by atoms with Gasteiger partial charge in [0.15, 0.2) is 0 Å². The highest BCUT2D eigenvalue weighted by atomic mass is 19.1. The van der Waals surface area contributed by atoms with Crippen LogP contribution in [-0.4, -0.2) is 13.1 Å². The molecule has 0 amide bonds. The minimum absolute atomic E-state index is 0.0778. The van der Waals surface area contributed by atoms with Crippen molar-refractivity contribution in [3.8, 4) is 0 Å². The van der Waals surface area contributed by atoms with Gasteiger partial charge in [-0.3, -0.25) is 4.79 Å². The van der Waals surface area contributed by atoms with Crippen LogP contribution >= 0.6 is 0 Å². The number of esters is 1. The summed E-state index contributed by atoms with van der Waals surface area (Å²) in [5.41, 5.74) is 7.15. The zero-order valence-electron chi connectivity index (χ0n) is 8.13. The number of ether oxygens (including phenoxy) is 1. The van der Waals surface area contributed by atoms with Gasteiger partial charge in [-0.25, -0.2) is 4.39 Å². The number of hydrogen-bond donors (Lipinski definition) is 1. The van der Waals surface area contributed by atoms with Gasteiger partial charge in [-0.05, 0) is 30.2 Å². The van der Waals surface area contributed by atoms with Crippen molar-refractivity contribution in [3.05, 3.63) is 29.1 Å². The van der Waals surface area contributed by atoms with Crippen molar-refractivity contribution >= 4 is 11.7 Å². The van der Waals surface area contributed by atoms with Crippen molar-refractivity contribution in [2.24, 2.45) is 0 Å². The van der Waals surface area contributed by atoms with Gasteiger partial charge in [-0.1, -0.05) is 0 Å². The van der Waals surface area contributed by atoms with E-state index < -0.39 is 5.82 Å².